The topological polar surface area (TPSA) is 62.6 Å². The predicted octanol–water partition coefficient (Wildman–Crippen LogP) is 5.26. The summed E-state index contributed by atoms with van der Waals surface area (Å²) in [6.45, 7) is 17.0. The van der Waals surface area contributed by atoms with E-state index in [9.17, 15) is 9.18 Å². The number of nitrogens with zero attached hydrogens (tertiary/aromatic N) is 4. The number of anilines is 1. The number of aryl methyl sites for hydroxylation is 1. The number of carbonyl (C=O) groups is 1. The quantitative estimate of drug-likeness (QED) is 0.618. The number of hydrogen-bond donors (Lipinski definition) is 1. The molecule has 0 saturated carbocycles. The van der Waals surface area contributed by atoms with Crippen LogP contribution in [0.4, 0.5) is 10.1 Å². The van der Waals surface area contributed by atoms with Gasteiger partial charge < -0.3 is 24.4 Å². The minimum atomic E-state index is -0.497. The molecule has 0 unspecified atom stereocenters. The minimum Gasteiger partial charge on any atom is -0.378 e. The van der Waals surface area contributed by atoms with Crippen molar-refractivity contribution >= 4 is 17.2 Å². The maximum Gasteiger partial charge on any atom is 0.275 e. The van der Waals surface area contributed by atoms with Crippen molar-refractivity contribution in [2.24, 2.45) is 0 Å². The summed E-state index contributed by atoms with van der Waals surface area (Å²) >= 11 is 0. The van der Waals surface area contributed by atoms with Crippen LogP contribution in [0.1, 0.15) is 49.3 Å². The molecule has 1 aromatic carbocycles. The van der Waals surface area contributed by atoms with E-state index in [0.29, 0.717) is 13.2 Å². The lowest BCUT2D eigenvalue weighted by atomic mass is 9.96. The minimum absolute atomic E-state index is 0.106. The summed E-state index contributed by atoms with van der Waals surface area (Å²) in [5, 5.41) is 2.70. The van der Waals surface area contributed by atoms with Crippen molar-refractivity contribution in [2.75, 3.05) is 31.6 Å². The second-order valence-electron chi connectivity index (χ2n) is 9.98. The van der Waals surface area contributed by atoms with E-state index in [4.69, 9.17) is 4.74 Å². The third kappa shape index (κ3) is 5.28. The Labute approximate surface area is 212 Å². The highest BCUT2D eigenvalue weighted by Gasteiger charge is 2.25. The molecule has 0 atom stereocenters. The summed E-state index contributed by atoms with van der Waals surface area (Å²) in [6.07, 6.45) is 11.3. The van der Waals surface area contributed by atoms with Gasteiger partial charge in [0, 0.05) is 36.7 Å². The predicted molar refractivity (Wildman–Crippen MR) is 141 cm³/mol. The summed E-state index contributed by atoms with van der Waals surface area (Å²) in [7, 11) is 0. The Hall–Kier alpha value is -3.65. The van der Waals surface area contributed by atoms with Crippen LogP contribution >= 0.6 is 0 Å². The molecule has 2 aliphatic rings. The number of aromatic nitrogens is 2. The standard InChI is InChI=1S/C28H34FN5O2/c1-7-8-34-20(3)14-21(15-26(34)32-9-11-36-12-10-32)22-16-24(23(29)13-19(22)2)31-27(35)25-17-33(18-30-25)28(4,5)6/h7-8,13-18H,3,9-12H2,1-2,4-6H3,(H,31,35)/b8-7-. The van der Waals surface area contributed by atoms with Gasteiger partial charge in [-0.05, 0) is 75.6 Å². The Bertz CT molecular complexity index is 1260. The van der Waals surface area contributed by atoms with Gasteiger partial charge >= 0.3 is 0 Å². The van der Waals surface area contributed by atoms with E-state index in [1.165, 1.54) is 6.07 Å². The first kappa shape index (κ1) is 25.4. The Kier molecular flexibility index (Phi) is 7.17. The van der Waals surface area contributed by atoms with Gasteiger partial charge in [0.2, 0.25) is 0 Å². The van der Waals surface area contributed by atoms with Gasteiger partial charge in [-0.1, -0.05) is 12.7 Å². The number of benzene rings is 1. The van der Waals surface area contributed by atoms with Crippen LogP contribution < -0.4 is 5.32 Å². The van der Waals surface area contributed by atoms with Crippen molar-refractivity contribution in [3.63, 3.8) is 0 Å². The van der Waals surface area contributed by atoms with E-state index < -0.39 is 11.7 Å². The number of rotatable bonds is 5. The summed E-state index contributed by atoms with van der Waals surface area (Å²) < 4.78 is 22.3. The van der Waals surface area contributed by atoms with Gasteiger partial charge in [-0.15, -0.1) is 0 Å². The average Bonchev–Trinajstić information content (AvgIpc) is 3.34. The number of amides is 1. The van der Waals surface area contributed by atoms with Crippen molar-refractivity contribution < 1.29 is 13.9 Å². The van der Waals surface area contributed by atoms with E-state index in [1.54, 1.807) is 18.6 Å². The number of morpholine rings is 1. The highest BCUT2D eigenvalue weighted by molar-refractivity contribution is 6.03. The zero-order chi connectivity index (χ0) is 26.0. The Morgan fingerprint density at radius 3 is 2.58 bits per heavy atom. The highest BCUT2D eigenvalue weighted by Crippen LogP contribution is 2.34. The zero-order valence-electron chi connectivity index (χ0n) is 21.6. The summed E-state index contributed by atoms with van der Waals surface area (Å²) in [4.78, 5) is 21.4. The second-order valence-corrected chi connectivity index (χ2v) is 9.98. The van der Waals surface area contributed by atoms with Crippen molar-refractivity contribution in [3.8, 4) is 0 Å². The first-order valence-corrected chi connectivity index (χ1v) is 12.1. The Balaban J connectivity index is 1.67. The number of halogens is 1. The van der Waals surface area contributed by atoms with Crippen LogP contribution in [0.5, 0.6) is 0 Å². The lowest BCUT2D eigenvalue weighted by molar-refractivity contribution is 0.0444. The fourth-order valence-electron chi connectivity index (χ4n) is 4.23. The maximum absolute atomic E-state index is 14.9. The molecule has 0 spiro atoms. The van der Waals surface area contributed by atoms with Gasteiger partial charge in [0.25, 0.3) is 5.91 Å². The van der Waals surface area contributed by atoms with Crippen LogP contribution in [-0.2, 0) is 10.3 Å². The van der Waals surface area contributed by atoms with Crippen LogP contribution in [-0.4, -0.2) is 51.6 Å². The number of ether oxygens (including phenoxy) is 1. The Morgan fingerprint density at radius 1 is 1.22 bits per heavy atom. The van der Waals surface area contributed by atoms with Gasteiger partial charge in [-0.2, -0.15) is 0 Å². The molecular formula is C28H34FN5O2. The van der Waals surface area contributed by atoms with Gasteiger partial charge in [0.15, 0.2) is 0 Å². The molecule has 7 nitrogen and oxygen atoms in total. The molecule has 190 valence electrons. The van der Waals surface area contributed by atoms with Crippen LogP contribution in [0.15, 0.2) is 67.2 Å². The van der Waals surface area contributed by atoms with Crippen molar-refractivity contribution in [1.29, 1.82) is 0 Å². The van der Waals surface area contributed by atoms with Crippen molar-refractivity contribution in [1.82, 2.24) is 19.4 Å². The smallest absolute Gasteiger partial charge is 0.275 e. The third-order valence-electron chi connectivity index (χ3n) is 6.26. The molecule has 3 heterocycles. The molecule has 0 aliphatic carbocycles. The van der Waals surface area contributed by atoms with Gasteiger partial charge in [0.05, 0.1) is 25.2 Å². The molecule has 0 bridgehead atoms. The Morgan fingerprint density at radius 2 is 1.94 bits per heavy atom. The number of imidazole rings is 1. The van der Waals surface area contributed by atoms with Crippen LogP contribution in [0, 0.1) is 12.7 Å². The van der Waals surface area contributed by atoms with E-state index >= 15 is 0 Å². The maximum atomic E-state index is 14.9. The molecule has 1 amide bonds. The molecule has 2 aliphatic heterocycles. The fourth-order valence-corrected chi connectivity index (χ4v) is 4.23. The number of allylic oxidation sites excluding steroid dienone is 4. The second kappa shape index (κ2) is 10.1. The lowest BCUT2D eigenvalue weighted by Crippen LogP contribution is -2.40. The highest BCUT2D eigenvalue weighted by atomic mass is 19.1. The van der Waals surface area contributed by atoms with Gasteiger partial charge in [-0.25, -0.2) is 9.37 Å². The summed E-state index contributed by atoms with van der Waals surface area (Å²) in [6, 6.07) is 3.13. The van der Waals surface area contributed by atoms with Crippen LogP contribution in [0.2, 0.25) is 0 Å². The largest absolute Gasteiger partial charge is 0.378 e. The van der Waals surface area contributed by atoms with Gasteiger partial charge in [-0.3, -0.25) is 4.79 Å². The lowest BCUT2D eigenvalue weighted by Gasteiger charge is -2.38. The molecule has 0 radical (unpaired) electrons. The molecule has 36 heavy (non-hydrogen) atoms. The normalized spacial score (nSPS) is 16.9. The van der Waals surface area contributed by atoms with E-state index in [0.717, 1.165) is 41.3 Å². The molecule has 8 heteroatoms. The number of nitrogens with one attached hydrogen (secondary N) is 1. The molecule has 1 fully saturated rings. The SMILES string of the molecule is C=C1C=C(c2cc(NC(=O)c3cn(C(C)(C)C)cn3)c(F)cc2C)C=C(N2CCOCC2)N1/C=C\C. The molecule has 1 N–H and O–H groups in total. The fraction of sp³-hybridized carbons (Fsp3) is 0.357. The third-order valence-corrected chi connectivity index (χ3v) is 6.26. The monoisotopic (exact) mass is 491 g/mol. The molecule has 1 saturated heterocycles. The molecular weight excluding hydrogens is 457 g/mol. The van der Waals surface area contributed by atoms with E-state index in [1.807, 2.05) is 62.4 Å². The molecule has 4 rings (SSSR count). The first-order chi connectivity index (χ1) is 17.1. The first-order valence-electron chi connectivity index (χ1n) is 12.1. The summed E-state index contributed by atoms with van der Waals surface area (Å²) in [5.41, 5.74) is 3.40. The number of carbonyl (C=O) groups excluding carboxylic acids is 1. The number of hydrogen-bond acceptors (Lipinski definition) is 5. The zero-order valence-corrected chi connectivity index (χ0v) is 21.6. The van der Waals surface area contributed by atoms with Crippen molar-refractivity contribution in [3.05, 3.63) is 89.8 Å². The van der Waals surface area contributed by atoms with E-state index in [-0.39, 0.29) is 16.9 Å². The van der Waals surface area contributed by atoms with Crippen LogP contribution in [0.3, 0.4) is 0 Å². The van der Waals surface area contributed by atoms with Gasteiger partial charge in [0.1, 0.15) is 17.3 Å². The summed E-state index contributed by atoms with van der Waals surface area (Å²) in [5.74, 6) is 0.0292. The van der Waals surface area contributed by atoms with Crippen molar-refractivity contribution in [2.45, 2.75) is 40.2 Å². The average molecular weight is 492 g/mol. The molecule has 1 aromatic heterocycles. The van der Waals surface area contributed by atoms with Crippen LogP contribution in [0.25, 0.3) is 5.57 Å². The van der Waals surface area contributed by atoms with E-state index in [2.05, 4.69) is 27.9 Å². The molecule has 2 aromatic rings.